The van der Waals surface area contributed by atoms with E-state index in [1.165, 1.54) is 29.5 Å². The number of aryl methyl sites for hydroxylation is 1. The molecule has 222 valence electrons. The van der Waals surface area contributed by atoms with Crippen molar-refractivity contribution in [2.45, 2.75) is 61.7 Å². The first kappa shape index (κ1) is 29.3. The van der Waals surface area contributed by atoms with Crippen LogP contribution >= 0.6 is 11.8 Å². The number of benzene rings is 3. The van der Waals surface area contributed by atoms with E-state index in [0.717, 1.165) is 54.5 Å². The number of allylic oxidation sites excluding steroid dienone is 1. The SMILES string of the molecule is CCCCn1c(SCC(=O)N2N=C3C(=Cc4ccccc4)CCCC3C2c2ccccc2)nc2cc(S(N)(=O)=O)ccc21. The van der Waals surface area contributed by atoms with Crippen LogP contribution in [0.4, 0.5) is 0 Å². The van der Waals surface area contributed by atoms with Crippen LogP contribution in [-0.2, 0) is 21.4 Å². The Kier molecular flexibility index (Phi) is 8.52. The summed E-state index contributed by atoms with van der Waals surface area (Å²) in [4.78, 5) is 18.7. The van der Waals surface area contributed by atoms with Crippen molar-refractivity contribution in [3.63, 3.8) is 0 Å². The number of hydrazone groups is 1. The average Bonchev–Trinajstić information content (AvgIpc) is 3.58. The van der Waals surface area contributed by atoms with E-state index in [1.54, 1.807) is 11.1 Å². The number of amides is 1. The maximum absolute atomic E-state index is 14.0. The van der Waals surface area contributed by atoms with Crippen molar-refractivity contribution in [1.29, 1.82) is 0 Å². The number of aromatic nitrogens is 2. The second-order valence-electron chi connectivity index (χ2n) is 11.0. The second-order valence-corrected chi connectivity index (χ2v) is 13.5. The van der Waals surface area contributed by atoms with E-state index >= 15 is 0 Å². The van der Waals surface area contributed by atoms with E-state index in [-0.39, 0.29) is 28.5 Å². The van der Waals surface area contributed by atoms with E-state index < -0.39 is 10.0 Å². The summed E-state index contributed by atoms with van der Waals surface area (Å²) in [6.07, 6.45) is 7.08. The molecular formula is C33H35N5O3S2. The quantitative estimate of drug-likeness (QED) is 0.220. The smallest absolute Gasteiger partial charge is 0.253 e. The summed E-state index contributed by atoms with van der Waals surface area (Å²) < 4.78 is 26.0. The van der Waals surface area contributed by atoms with Crippen LogP contribution in [0.2, 0.25) is 0 Å². The lowest BCUT2D eigenvalue weighted by atomic mass is 9.77. The monoisotopic (exact) mass is 613 g/mol. The van der Waals surface area contributed by atoms with Crippen LogP contribution in [0, 0.1) is 5.92 Å². The number of hydrogen-bond donors (Lipinski definition) is 1. The minimum atomic E-state index is -3.86. The zero-order valence-corrected chi connectivity index (χ0v) is 25.7. The Morgan fingerprint density at radius 1 is 1.07 bits per heavy atom. The topological polar surface area (TPSA) is 111 Å². The van der Waals surface area contributed by atoms with Crippen LogP contribution in [0.5, 0.6) is 0 Å². The largest absolute Gasteiger partial charge is 0.319 e. The second kappa shape index (κ2) is 12.5. The number of fused-ring (bicyclic) bond motifs is 2. The molecule has 2 aliphatic rings. The summed E-state index contributed by atoms with van der Waals surface area (Å²) in [5, 5.41) is 12.8. The molecule has 4 aromatic rings. The van der Waals surface area contributed by atoms with Gasteiger partial charge in [0.2, 0.25) is 10.0 Å². The van der Waals surface area contributed by atoms with Crippen molar-refractivity contribution in [2.24, 2.45) is 16.2 Å². The fraction of sp³-hybridized carbons (Fsp3) is 0.303. The molecule has 1 aliphatic heterocycles. The third-order valence-corrected chi connectivity index (χ3v) is 9.98. The first-order valence-corrected chi connectivity index (χ1v) is 17.2. The third kappa shape index (κ3) is 6.18. The normalized spacial score (nSPS) is 19.5. The average molecular weight is 614 g/mol. The summed E-state index contributed by atoms with van der Waals surface area (Å²) in [5.41, 5.74) is 5.78. The van der Waals surface area contributed by atoms with E-state index in [1.807, 2.05) is 36.4 Å². The van der Waals surface area contributed by atoms with Crippen LogP contribution in [0.1, 0.15) is 56.2 Å². The van der Waals surface area contributed by atoms with Gasteiger partial charge in [0, 0.05) is 12.5 Å². The maximum atomic E-state index is 14.0. The predicted molar refractivity (Wildman–Crippen MR) is 172 cm³/mol. The predicted octanol–water partition coefficient (Wildman–Crippen LogP) is 6.40. The zero-order chi connectivity index (χ0) is 30.0. The van der Waals surface area contributed by atoms with Crippen LogP contribution < -0.4 is 5.14 Å². The molecule has 1 saturated carbocycles. The lowest BCUT2D eigenvalue weighted by molar-refractivity contribution is -0.130. The van der Waals surface area contributed by atoms with Crippen molar-refractivity contribution >= 4 is 50.5 Å². The standard InChI is InChI=1S/C33H35N5O3S2/c1-2-3-19-37-29-18-17-26(43(34,40)41)21-28(29)35-33(37)42-22-30(39)38-32(24-13-8-5-9-14-24)27-16-10-15-25(31(27)36-38)20-23-11-6-4-7-12-23/h4-9,11-14,17-18,20-21,27,32H,2-3,10,15-16,19,22H2,1H3,(H2,34,40,41). The molecule has 0 radical (unpaired) electrons. The van der Waals surface area contributed by atoms with Crippen LogP contribution in [0.25, 0.3) is 17.1 Å². The van der Waals surface area contributed by atoms with Crippen molar-refractivity contribution in [3.05, 3.63) is 95.6 Å². The third-order valence-electron chi connectivity index (χ3n) is 8.11. The van der Waals surface area contributed by atoms with Gasteiger partial charge in [-0.3, -0.25) is 4.79 Å². The lowest BCUT2D eigenvalue weighted by Gasteiger charge is -2.29. The van der Waals surface area contributed by atoms with E-state index in [4.69, 9.17) is 15.2 Å². The minimum Gasteiger partial charge on any atom is -0.319 e. The van der Waals surface area contributed by atoms with Crippen molar-refractivity contribution in [3.8, 4) is 0 Å². The van der Waals surface area contributed by atoms with Gasteiger partial charge in [-0.05, 0) is 66.7 Å². The molecule has 0 bridgehead atoms. The fourth-order valence-electron chi connectivity index (χ4n) is 6.04. The number of nitrogens with zero attached hydrogens (tertiary/aromatic N) is 4. The number of imidazole rings is 1. The molecule has 2 unspecified atom stereocenters. The minimum absolute atomic E-state index is 0.0216. The summed E-state index contributed by atoms with van der Waals surface area (Å²) in [7, 11) is -3.86. The van der Waals surface area contributed by atoms with E-state index in [0.29, 0.717) is 17.2 Å². The Morgan fingerprint density at radius 2 is 1.81 bits per heavy atom. The molecule has 0 saturated heterocycles. The molecule has 1 amide bonds. The Bertz CT molecular complexity index is 1800. The number of unbranched alkanes of at least 4 members (excludes halogenated alkanes) is 1. The van der Waals surface area contributed by atoms with Crippen molar-refractivity contribution in [2.75, 3.05) is 5.75 Å². The fourth-order valence-corrected chi connectivity index (χ4v) is 7.47. The van der Waals surface area contributed by atoms with Gasteiger partial charge in [0.05, 0.1) is 33.4 Å². The van der Waals surface area contributed by atoms with Gasteiger partial charge in [0.15, 0.2) is 5.16 Å². The van der Waals surface area contributed by atoms with Gasteiger partial charge in [-0.25, -0.2) is 23.5 Å². The number of nitrogens with two attached hydrogens (primary N) is 1. The first-order chi connectivity index (χ1) is 20.8. The highest BCUT2D eigenvalue weighted by Gasteiger charge is 2.43. The Hall–Kier alpha value is -3.73. The van der Waals surface area contributed by atoms with Gasteiger partial charge in [-0.15, -0.1) is 0 Å². The molecular weight excluding hydrogens is 579 g/mol. The summed E-state index contributed by atoms with van der Waals surface area (Å²) in [6.45, 7) is 2.83. The number of carbonyl (C=O) groups is 1. The molecule has 2 heterocycles. The molecule has 43 heavy (non-hydrogen) atoms. The number of primary sulfonamides is 1. The van der Waals surface area contributed by atoms with Gasteiger partial charge >= 0.3 is 0 Å². The molecule has 2 atom stereocenters. The molecule has 8 nitrogen and oxygen atoms in total. The van der Waals surface area contributed by atoms with Gasteiger partial charge < -0.3 is 4.57 Å². The van der Waals surface area contributed by atoms with Crippen molar-refractivity contribution < 1.29 is 13.2 Å². The number of sulfonamides is 1. The highest BCUT2D eigenvalue weighted by Crippen LogP contribution is 2.44. The van der Waals surface area contributed by atoms with E-state index in [9.17, 15) is 13.2 Å². The molecule has 0 spiro atoms. The molecule has 1 fully saturated rings. The number of carbonyl (C=O) groups excluding carboxylic acids is 1. The molecule has 2 N–H and O–H groups in total. The Morgan fingerprint density at radius 3 is 2.53 bits per heavy atom. The molecule has 1 aromatic heterocycles. The molecule has 3 aromatic carbocycles. The van der Waals surface area contributed by atoms with E-state index in [2.05, 4.69) is 41.8 Å². The summed E-state index contributed by atoms with van der Waals surface area (Å²) >= 11 is 1.36. The molecule has 10 heteroatoms. The van der Waals surface area contributed by atoms with Crippen LogP contribution in [0.3, 0.4) is 0 Å². The summed E-state index contributed by atoms with van der Waals surface area (Å²) in [5.74, 6) is 0.201. The Balaban J connectivity index is 1.31. The number of hydrogen-bond acceptors (Lipinski definition) is 6. The molecule has 6 rings (SSSR count). The lowest BCUT2D eigenvalue weighted by Crippen LogP contribution is -2.32. The van der Waals surface area contributed by atoms with Gasteiger partial charge in [0.1, 0.15) is 0 Å². The molecule has 1 aliphatic carbocycles. The van der Waals surface area contributed by atoms with Crippen molar-refractivity contribution in [1.82, 2.24) is 14.6 Å². The highest BCUT2D eigenvalue weighted by molar-refractivity contribution is 7.99. The Labute approximate surface area is 256 Å². The maximum Gasteiger partial charge on any atom is 0.253 e. The number of thioether (sulfide) groups is 1. The highest BCUT2D eigenvalue weighted by atomic mass is 32.2. The van der Waals surface area contributed by atoms with Gasteiger partial charge in [0.25, 0.3) is 5.91 Å². The zero-order valence-electron chi connectivity index (χ0n) is 24.1. The number of rotatable bonds is 9. The van der Waals surface area contributed by atoms with Crippen LogP contribution in [-0.4, -0.2) is 40.3 Å². The van der Waals surface area contributed by atoms with Gasteiger partial charge in [-0.2, -0.15) is 5.10 Å². The first-order valence-electron chi connectivity index (χ1n) is 14.7. The van der Waals surface area contributed by atoms with Gasteiger partial charge in [-0.1, -0.05) is 85.8 Å². The summed E-state index contributed by atoms with van der Waals surface area (Å²) in [6, 6.07) is 25.0. The van der Waals surface area contributed by atoms with Crippen LogP contribution in [0.15, 0.2) is 99.6 Å².